The molecule has 2 aromatic rings. The molecular weight excluding hydrogens is 268 g/mol. The van der Waals surface area contributed by atoms with Crippen LogP contribution in [-0.4, -0.2) is 24.4 Å². The van der Waals surface area contributed by atoms with Crippen LogP contribution in [0.15, 0.2) is 42.5 Å². The van der Waals surface area contributed by atoms with Gasteiger partial charge in [-0.1, -0.05) is 30.0 Å². The predicted octanol–water partition coefficient (Wildman–Crippen LogP) is 2.49. The van der Waals surface area contributed by atoms with E-state index in [0.29, 0.717) is 22.6 Å². The molecule has 4 nitrogen and oxygen atoms in total. The van der Waals surface area contributed by atoms with Crippen LogP contribution in [0.1, 0.15) is 17.2 Å². The molecule has 0 aliphatic rings. The second-order valence-corrected chi connectivity index (χ2v) is 4.30. The zero-order valence-electron chi connectivity index (χ0n) is 11.8. The summed E-state index contributed by atoms with van der Waals surface area (Å²) in [6.07, 6.45) is -0.957. The van der Waals surface area contributed by atoms with Crippen molar-refractivity contribution in [3.63, 3.8) is 0 Å². The molecule has 0 radical (unpaired) electrons. The van der Waals surface area contributed by atoms with Crippen LogP contribution in [0.25, 0.3) is 0 Å². The molecule has 0 aromatic heterocycles. The Bertz CT molecular complexity index is 683. The van der Waals surface area contributed by atoms with Gasteiger partial charge in [0.25, 0.3) is 0 Å². The van der Waals surface area contributed by atoms with Gasteiger partial charge < -0.3 is 19.7 Å². The van der Waals surface area contributed by atoms with Crippen molar-refractivity contribution < 1.29 is 19.7 Å². The van der Waals surface area contributed by atoms with Crippen LogP contribution < -0.4 is 9.47 Å². The van der Waals surface area contributed by atoms with Crippen molar-refractivity contribution in [3.8, 4) is 29.1 Å². The number of aliphatic hydroxyl groups excluding tert-OH is 1. The lowest BCUT2D eigenvalue weighted by Gasteiger charge is -2.09. The molecule has 0 saturated carbocycles. The molecule has 0 aliphatic carbocycles. The first kappa shape index (κ1) is 14.8. The molecule has 0 fully saturated rings. The van der Waals surface area contributed by atoms with Gasteiger partial charge in [0, 0.05) is 11.1 Å². The predicted molar refractivity (Wildman–Crippen MR) is 79.5 cm³/mol. The number of hydrogen-bond donors (Lipinski definition) is 2. The van der Waals surface area contributed by atoms with Crippen molar-refractivity contribution in [3.05, 3.63) is 53.6 Å². The third-order valence-corrected chi connectivity index (χ3v) is 2.97. The van der Waals surface area contributed by atoms with Gasteiger partial charge in [0.15, 0.2) is 11.5 Å². The smallest absolute Gasteiger partial charge is 0.161 e. The Kier molecular flexibility index (Phi) is 4.70. The van der Waals surface area contributed by atoms with E-state index in [4.69, 9.17) is 9.47 Å². The first-order chi connectivity index (χ1) is 10.2. The first-order valence-corrected chi connectivity index (χ1v) is 6.35. The number of hydrogen-bond acceptors (Lipinski definition) is 4. The second kappa shape index (κ2) is 6.69. The van der Waals surface area contributed by atoms with E-state index >= 15 is 0 Å². The van der Waals surface area contributed by atoms with Crippen LogP contribution in [-0.2, 0) is 0 Å². The Labute approximate surface area is 123 Å². The molecule has 2 N–H and O–H groups in total. The number of rotatable bonds is 3. The van der Waals surface area contributed by atoms with Gasteiger partial charge in [-0.2, -0.15) is 0 Å². The summed E-state index contributed by atoms with van der Waals surface area (Å²) in [4.78, 5) is 0. The number of phenols is 1. The van der Waals surface area contributed by atoms with E-state index in [9.17, 15) is 10.2 Å². The molecule has 1 atom stereocenters. The minimum absolute atomic E-state index is 0.0494. The second-order valence-electron chi connectivity index (χ2n) is 4.30. The summed E-state index contributed by atoms with van der Waals surface area (Å²) in [7, 11) is 3.01. The van der Waals surface area contributed by atoms with Crippen molar-refractivity contribution >= 4 is 0 Å². The van der Waals surface area contributed by atoms with Crippen LogP contribution in [0.5, 0.6) is 17.2 Å². The summed E-state index contributed by atoms with van der Waals surface area (Å²) >= 11 is 0. The third kappa shape index (κ3) is 3.47. The van der Waals surface area contributed by atoms with E-state index in [1.165, 1.54) is 13.2 Å². The summed E-state index contributed by atoms with van der Waals surface area (Å²) < 4.78 is 10.2. The molecule has 2 rings (SSSR count). The summed E-state index contributed by atoms with van der Waals surface area (Å²) in [6.45, 7) is 0. The molecule has 0 saturated heterocycles. The zero-order valence-corrected chi connectivity index (χ0v) is 11.8. The fourth-order valence-electron chi connectivity index (χ4n) is 1.88. The molecule has 1 unspecified atom stereocenters. The molecule has 21 heavy (non-hydrogen) atoms. The van der Waals surface area contributed by atoms with Gasteiger partial charge in [-0.15, -0.1) is 0 Å². The van der Waals surface area contributed by atoms with E-state index in [2.05, 4.69) is 11.8 Å². The van der Waals surface area contributed by atoms with Crippen molar-refractivity contribution in [1.29, 1.82) is 0 Å². The summed E-state index contributed by atoms with van der Waals surface area (Å²) in [5, 5.41) is 19.7. The number of aromatic hydroxyl groups is 1. The Balaban J connectivity index is 2.26. The van der Waals surface area contributed by atoms with Gasteiger partial charge in [-0.05, 0) is 24.3 Å². The lowest BCUT2D eigenvalue weighted by molar-refractivity contribution is 0.232. The first-order valence-electron chi connectivity index (χ1n) is 6.35. The average molecular weight is 284 g/mol. The number of ether oxygens (including phenoxy) is 2. The quantitative estimate of drug-likeness (QED) is 0.850. The summed E-state index contributed by atoms with van der Waals surface area (Å²) in [6, 6.07) is 11.9. The van der Waals surface area contributed by atoms with Crippen LogP contribution in [0.2, 0.25) is 0 Å². The largest absolute Gasteiger partial charge is 0.504 e. The summed E-state index contributed by atoms with van der Waals surface area (Å²) in [5.74, 6) is 6.57. The van der Waals surface area contributed by atoms with Gasteiger partial charge in [0.1, 0.15) is 11.9 Å². The molecule has 2 aromatic carbocycles. The molecule has 0 spiro atoms. The number of phenolic OH excluding ortho intramolecular Hbond substituents is 1. The SMILES string of the molecule is COc1cc(C#CC(O)c2ccccc2OC)ccc1O. The lowest BCUT2D eigenvalue weighted by Crippen LogP contribution is -1.97. The minimum atomic E-state index is -0.957. The molecule has 0 amide bonds. The molecule has 0 heterocycles. The van der Waals surface area contributed by atoms with Crippen LogP contribution in [0.4, 0.5) is 0 Å². The van der Waals surface area contributed by atoms with Crippen LogP contribution >= 0.6 is 0 Å². The van der Waals surface area contributed by atoms with Crippen molar-refractivity contribution in [2.45, 2.75) is 6.10 Å². The molecule has 108 valence electrons. The Morgan fingerprint density at radius 1 is 1.00 bits per heavy atom. The Morgan fingerprint density at radius 3 is 2.43 bits per heavy atom. The normalized spacial score (nSPS) is 11.2. The van der Waals surface area contributed by atoms with Crippen molar-refractivity contribution in [2.75, 3.05) is 14.2 Å². The monoisotopic (exact) mass is 284 g/mol. The maximum absolute atomic E-state index is 10.1. The number of benzene rings is 2. The van der Waals surface area contributed by atoms with E-state index in [1.807, 2.05) is 12.1 Å². The van der Waals surface area contributed by atoms with Gasteiger partial charge in [0.05, 0.1) is 14.2 Å². The van der Waals surface area contributed by atoms with Crippen LogP contribution in [0, 0.1) is 11.8 Å². The maximum Gasteiger partial charge on any atom is 0.161 e. The fourth-order valence-corrected chi connectivity index (χ4v) is 1.88. The summed E-state index contributed by atoms with van der Waals surface area (Å²) in [5.41, 5.74) is 1.25. The van der Waals surface area contributed by atoms with Gasteiger partial charge >= 0.3 is 0 Å². The highest BCUT2D eigenvalue weighted by Crippen LogP contribution is 2.27. The van der Waals surface area contributed by atoms with E-state index in [0.717, 1.165) is 0 Å². The van der Waals surface area contributed by atoms with E-state index < -0.39 is 6.10 Å². The third-order valence-electron chi connectivity index (χ3n) is 2.97. The highest BCUT2D eigenvalue weighted by atomic mass is 16.5. The topological polar surface area (TPSA) is 58.9 Å². The maximum atomic E-state index is 10.1. The lowest BCUT2D eigenvalue weighted by atomic mass is 10.1. The number of methoxy groups -OCH3 is 2. The van der Waals surface area contributed by atoms with Crippen LogP contribution in [0.3, 0.4) is 0 Å². The number of aliphatic hydroxyl groups is 1. The zero-order chi connectivity index (χ0) is 15.2. The van der Waals surface area contributed by atoms with Crippen molar-refractivity contribution in [1.82, 2.24) is 0 Å². The minimum Gasteiger partial charge on any atom is -0.504 e. The highest BCUT2D eigenvalue weighted by Gasteiger charge is 2.09. The highest BCUT2D eigenvalue weighted by molar-refractivity contribution is 5.48. The van der Waals surface area contributed by atoms with Crippen molar-refractivity contribution in [2.24, 2.45) is 0 Å². The average Bonchev–Trinajstić information content (AvgIpc) is 2.53. The standard InChI is InChI=1S/C17H16O4/c1-20-16-6-4-3-5-13(16)14(18)9-7-12-8-10-15(19)17(11-12)21-2/h3-6,8,10-11,14,18-19H,1-2H3. The Hall–Kier alpha value is -2.64. The fraction of sp³-hybridized carbons (Fsp3) is 0.176. The van der Waals surface area contributed by atoms with Gasteiger partial charge in [-0.25, -0.2) is 0 Å². The van der Waals surface area contributed by atoms with Gasteiger partial charge in [-0.3, -0.25) is 0 Å². The Morgan fingerprint density at radius 2 is 1.71 bits per heavy atom. The molecule has 0 bridgehead atoms. The van der Waals surface area contributed by atoms with E-state index in [-0.39, 0.29) is 5.75 Å². The molecular formula is C17H16O4. The van der Waals surface area contributed by atoms with Gasteiger partial charge in [0.2, 0.25) is 0 Å². The molecule has 0 aliphatic heterocycles. The number of para-hydroxylation sites is 1. The molecule has 4 heteroatoms. The van der Waals surface area contributed by atoms with E-state index in [1.54, 1.807) is 31.4 Å².